The third-order valence-corrected chi connectivity index (χ3v) is 4.30. The predicted molar refractivity (Wildman–Crippen MR) is 102 cm³/mol. The number of hydrogen-bond donors (Lipinski definition) is 0. The number of esters is 1. The van der Waals surface area contributed by atoms with Gasteiger partial charge in [0.15, 0.2) is 0 Å². The van der Waals surface area contributed by atoms with Crippen LogP contribution in [0.4, 0.5) is 0 Å². The zero-order valence-corrected chi connectivity index (χ0v) is 15.4. The molecule has 0 saturated heterocycles. The fourth-order valence-corrected chi connectivity index (χ4v) is 3.15. The van der Waals surface area contributed by atoms with Gasteiger partial charge >= 0.3 is 5.97 Å². The van der Waals surface area contributed by atoms with Gasteiger partial charge in [0.05, 0.1) is 25.5 Å². The maximum atomic E-state index is 12.4. The first-order chi connectivity index (χ1) is 12.5. The molecule has 26 heavy (non-hydrogen) atoms. The minimum absolute atomic E-state index is 0.368. The lowest BCUT2D eigenvalue weighted by Gasteiger charge is -2.15. The molecule has 3 rings (SSSR count). The molecule has 132 valence electrons. The molecular formula is C22H21NO3. The topological polar surface area (TPSA) is 48.4 Å². The lowest BCUT2D eigenvalue weighted by molar-refractivity contribution is 0.0601. The average molecular weight is 347 g/mol. The fraction of sp³-hybridized carbons (Fsp3) is 0.182. The molecule has 0 fully saturated rings. The molecule has 2 aromatic carbocycles. The molecule has 0 aliphatic rings. The van der Waals surface area contributed by atoms with E-state index < -0.39 is 0 Å². The highest BCUT2D eigenvalue weighted by molar-refractivity contribution is 5.99. The summed E-state index contributed by atoms with van der Waals surface area (Å²) < 4.78 is 10.6. The SMILES string of the molecule is COC(=O)c1cc(-c2cc(C)nc(C)c2OC)ccc1-c1ccccc1. The number of benzene rings is 2. The Morgan fingerprint density at radius 2 is 1.62 bits per heavy atom. The minimum Gasteiger partial charge on any atom is -0.494 e. The van der Waals surface area contributed by atoms with Crippen LogP contribution in [0.5, 0.6) is 5.75 Å². The van der Waals surface area contributed by atoms with Gasteiger partial charge in [0.25, 0.3) is 0 Å². The number of aryl methyl sites for hydroxylation is 2. The van der Waals surface area contributed by atoms with Crippen LogP contribution in [0.15, 0.2) is 54.6 Å². The number of pyridine rings is 1. The van der Waals surface area contributed by atoms with Gasteiger partial charge in [0, 0.05) is 11.3 Å². The van der Waals surface area contributed by atoms with Gasteiger partial charge in [-0.05, 0) is 42.7 Å². The Balaban J connectivity index is 2.22. The van der Waals surface area contributed by atoms with E-state index in [0.29, 0.717) is 11.3 Å². The Hall–Kier alpha value is -3.14. The first-order valence-electron chi connectivity index (χ1n) is 8.35. The monoisotopic (exact) mass is 347 g/mol. The molecule has 1 aromatic heterocycles. The molecule has 4 nitrogen and oxygen atoms in total. The van der Waals surface area contributed by atoms with Gasteiger partial charge in [-0.2, -0.15) is 0 Å². The van der Waals surface area contributed by atoms with Gasteiger partial charge in [-0.3, -0.25) is 4.98 Å². The normalized spacial score (nSPS) is 10.5. The van der Waals surface area contributed by atoms with Crippen LogP contribution in [0.25, 0.3) is 22.3 Å². The van der Waals surface area contributed by atoms with Gasteiger partial charge in [0.2, 0.25) is 0 Å². The van der Waals surface area contributed by atoms with Crippen molar-refractivity contribution in [1.82, 2.24) is 4.98 Å². The standard InChI is InChI=1S/C22H21NO3/c1-14-12-19(21(25-3)15(2)23-14)17-10-11-18(16-8-6-5-7-9-16)20(13-17)22(24)26-4/h5-13H,1-4H3. The van der Waals surface area contributed by atoms with E-state index in [1.165, 1.54) is 7.11 Å². The van der Waals surface area contributed by atoms with Crippen molar-refractivity contribution in [2.24, 2.45) is 0 Å². The minimum atomic E-state index is -0.368. The van der Waals surface area contributed by atoms with Crippen LogP contribution in [-0.4, -0.2) is 25.2 Å². The summed E-state index contributed by atoms with van der Waals surface area (Å²) in [5, 5.41) is 0. The van der Waals surface area contributed by atoms with Crippen LogP contribution >= 0.6 is 0 Å². The summed E-state index contributed by atoms with van der Waals surface area (Å²) in [6.07, 6.45) is 0. The highest BCUT2D eigenvalue weighted by Crippen LogP contribution is 2.35. The molecule has 0 aliphatic heterocycles. The Bertz CT molecular complexity index is 949. The summed E-state index contributed by atoms with van der Waals surface area (Å²) >= 11 is 0. The van der Waals surface area contributed by atoms with E-state index in [1.807, 2.05) is 68.4 Å². The summed E-state index contributed by atoms with van der Waals surface area (Å²) in [6, 6.07) is 17.5. The number of hydrogen-bond acceptors (Lipinski definition) is 4. The quantitative estimate of drug-likeness (QED) is 0.634. The van der Waals surface area contributed by atoms with E-state index >= 15 is 0 Å². The van der Waals surface area contributed by atoms with Crippen LogP contribution in [-0.2, 0) is 4.74 Å². The number of carbonyl (C=O) groups excluding carboxylic acids is 1. The van der Waals surface area contributed by atoms with Crippen molar-refractivity contribution in [3.63, 3.8) is 0 Å². The van der Waals surface area contributed by atoms with Gasteiger partial charge in [-0.1, -0.05) is 42.5 Å². The van der Waals surface area contributed by atoms with Crippen LogP contribution in [0, 0.1) is 13.8 Å². The lowest BCUT2D eigenvalue weighted by Crippen LogP contribution is -2.04. The van der Waals surface area contributed by atoms with E-state index in [1.54, 1.807) is 7.11 Å². The van der Waals surface area contributed by atoms with Gasteiger partial charge in [-0.15, -0.1) is 0 Å². The van der Waals surface area contributed by atoms with Crippen molar-refractivity contribution in [3.8, 4) is 28.0 Å². The Morgan fingerprint density at radius 3 is 2.27 bits per heavy atom. The summed E-state index contributed by atoms with van der Waals surface area (Å²) in [5.74, 6) is 0.339. The van der Waals surface area contributed by atoms with E-state index in [2.05, 4.69) is 4.98 Å². The Kier molecular flexibility index (Phi) is 5.03. The van der Waals surface area contributed by atoms with E-state index in [-0.39, 0.29) is 5.97 Å². The fourth-order valence-electron chi connectivity index (χ4n) is 3.15. The second kappa shape index (κ2) is 7.40. The molecular weight excluding hydrogens is 326 g/mol. The maximum absolute atomic E-state index is 12.4. The van der Waals surface area contributed by atoms with E-state index in [4.69, 9.17) is 9.47 Å². The van der Waals surface area contributed by atoms with E-state index in [9.17, 15) is 4.79 Å². The summed E-state index contributed by atoms with van der Waals surface area (Å²) in [5.41, 5.74) is 5.82. The van der Waals surface area contributed by atoms with Crippen LogP contribution in [0.3, 0.4) is 0 Å². The number of ether oxygens (including phenoxy) is 2. The number of aromatic nitrogens is 1. The zero-order valence-electron chi connectivity index (χ0n) is 15.4. The maximum Gasteiger partial charge on any atom is 0.338 e. The number of rotatable bonds is 4. The molecule has 1 heterocycles. The van der Waals surface area contributed by atoms with E-state index in [0.717, 1.165) is 33.6 Å². The molecule has 0 unspecified atom stereocenters. The second-order valence-corrected chi connectivity index (χ2v) is 6.05. The van der Waals surface area contributed by atoms with Crippen molar-refractivity contribution >= 4 is 5.97 Å². The molecule has 0 bridgehead atoms. The van der Waals surface area contributed by atoms with Crippen molar-refractivity contribution in [2.45, 2.75) is 13.8 Å². The van der Waals surface area contributed by atoms with Crippen molar-refractivity contribution < 1.29 is 14.3 Å². The summed E-state index contributed by atoms with van der Waals surface area (Å²) in [7, 11) is 3.02. The first-order valence-corrected chi connectivity index (χ1v) is 8.35. The van der Waals surface area contributed by atoms with Crippen LogP contribution < -0.4 is 4.74 Å². The molecule has 0 radical (unpaired) electrons. The summed E-state index contributed by atoms with van der Waals surface area (Å²) in [6.45, 7) is 3.85. The van der Waals surface area contributed by atoms with Crippen molar-refractivity contribution in [3.05, 3.63) is 71.5 Å². The van der Waals surface area contributed by atoms with Gasteiger partial charge < -0.3 is 9.47 Å². The summed E-state index contributed by atoms with van der Waals surface area (Å²) in [4.78, 5) is 16.9. The largest absolute Gasteiger partial charge is 0.494 e. The highest BCUT2D eigenvalue weighted by atomic mass is 16.5. The van der Waals surface area contributed by atoms with Crippen molar-refractivity contribution in [1.29, 1.82) is 0 Å². The number of methoxy groups -OCH3 is 2. The molecule has 0 atom stereocenters. The van der Waals surface area contributed by atoms with Crippen molar-refractivity contribution in [2.75, 3.05) is 14.2 Å². The second-order valence-electron chi connectivity index (χ2n) is 6.05. The van der Waals surface area contributed by atoms with Crippen LogP contribution in [0.2, 0.25) is 0 Å². The predicted octanol–water partition coefficient (Wildman–Crippen LogP) is 4.83. The molecule has 4 heteroatoms. The molecule has 0 spiro atoms. The number of carbonyl (C=O) groups is 1. The van der Waals surface area contributed by atoms with Gasteiger partial charge in [0.1, 0.15) is 5.75 Å². The van der Waals surface area contributed by atoms with Crippen LogP contribution in [0.1, 0.15) is 21.7 Å². The zero-order chi connectivity index (χ0) is 18.7. The lowest BCUT2D eigenvalue weighted by atomic mass is 9.94. The highest BCUT2D eigenvalue weighted by Gasteiger charge is 2.17. The van der Waals surface area contributed by atoms with Gasteiger partial charge in [-0.25, -0.2) is 4.79 Å². The number of nitrogens with zero attached hydrogens (tertiary/aromatic N) is 1. The molecule has 0 saturated carbocycles. The molecule has 0 N–H and O–H groups in total. The molecule has 0 amide bonds. The smallest absolute Gasteiger partial charge is 0.338 e. The average Bonchev–Trinajstić information content (AvgIpc) is 2.67. The third-order valence-electron chi connectivity index (χ3n) is 4.30. The first kappa shape index (κ1) is 17.7. The Morgan fingerprint density at radius 1 is 0.885 bits per heavy atom. The molecule has 3 aromatic rings. The Labute approximate surface area is 153 Å². The third kappa shape index (κ3) is 3.31. The molecule has 0 aliphatic carbocycles.